The summed E-state index contributed by atoms with van der Waals surface area (Å²) in [5.74, 6) is 1.99. The summed E-state index contributed by atoms with van der Waals surface area (Å²) in [4.78, 5) is 1.35. The van der Waals surface area contributed by atoms with Crippen LogP contribution in [0.15, 0.2) is 27.6 Å². The van der Waals surface area contributed by atoms with Gasteiger partial charge in [-0.3, -0.25) is 0 Å². The normalized spacial score (nSPS) is 13.1. The fourth-order valence-corrected chi connectivity index (χ4v) is 3.58. The lowest BCUT2D eigenvalue weighted by atomic mass is 10.1. The van der Waals surface area contributed by atoms with E-state index in [2.05, 4.69) is 60.2 Å². The number of hydrogen-bond donors (Lipinski definition) is 1. The Morgan fingerprint density at radius 1 is 1.29 bits per heavy atom. The first-order valence-corrected chi connectivity index (χ1v) is 7.92. The highest BCUT2D eigenvalue weighted by Gasteiger charge is 2.08. The monoisotopic (exact) mass is 315 g/mol. The lowest BCUT2D eigenvalue weighted by Gasteiger charge is -2.14. The van der Waals surface area contributed by atoms with Crippen LogP contribution in [-0.4, -0.2) is 12.8 Å². The maximum atomic E-state index is 3.66. The second-order valence-corrected chi connectivity index (χ2v) is 6.75. The van der Waals surface area contributed by atoms with Gasteiger partial charge in [0.05, 0.1) is 0 Å². The number of nitrogens with one attached hydrogen (secondary N) is 1. The van der Waals surface area contributed by atoms with Crippen LogP contribution in [0.1, 0.15) is 38.8 Å². The molecule has 17 heavy (non-hydrogen) atoms. The third-order valence-corrected chi connectivity index (χ3v) is 4.55. The van der Waals surface area contributed by atoms with E-state index in [0.29, 0.717) is 6.04 Å². The van der Waals surface area contributed by atoms with Crippen molar-refractivity contribution >= 4 is 27.7 Å². The van der Waals surface area contributed by atoms with Crippen molar-refractivity contribution < 1.29 is 0 Å². The molecule has 0 aliphatic rings. The Hall–Kier alpha value is 0.01000. The van der Waals surface area contributed by atoms with Crippen molar-refractivity contribution in [2.24, 2.45) is 5.92 Å². The molecule has 0 aromatic heterocycles. The predicted molar refractivity (Wildman–Crippen MR) is 81.8 cm³/mol. The van der Waals surface area contributed by atoms with E-state index in [1.807, 2.05) is 18.8 Å². The number of rotatable bonds is 6. The molecule has 0 saturated heterocycles. The minimum atomic E-state index is 0.388. The summed E-state index contributed by atoms with van der Waals surface area (Å²) in [5.41, 5.74) is 1.32. The molecule has 0 saturated carbocycles. The van der Waals surface area contributed by atoms with Gasteiger partial charge in [0.25, 0.3) is 0 Å². The minimum absolute atomic E-state index is 0.388. The van der Waals surface area contributed by atoms with Gasteiger partial charge in [0.2, 0.25) is 0 Å². The van der Waals surface area contributed by atoms with Crippen molar-refractivity contribution in [3.05, 3.63) is 28.2 Å². The summed E-state index contributed by atoms with van der Waals surface area (Å²) in [7, 11) is 1.99. The first kappa shape index (κ1) is 15.1. The molecule has 0 heterocycles. The van der Waals surface area contributed by atoms with Crippen molar-refractivity contribution in [3.63, 3.8) is 0 Å². The molecule has 1 nitrogen and oxygen atoms in total. The molecule has 0 aliphatic carbocycles. The Kier molecular flexibility index (Phi) is 6.60. The van der Waals surface area contributed by atoms with Crippen LogP contribution in [0.2, 0.25) is 0 Å². The third kappa shape index (κ3) is 5.02. The summed E-state index contributed by atoms with van der Waals surface area (Å²) >= 11 is 5.60. The van der Waals surface area contributed by atoms with E-state index in [-0.39, 0.29) is 0 Å². The molecule has 96 valence electrons. The SMILES string of the molecule is CNC(C)c1ccc(SCCC(C)C)cc1Br. The van der Waals surface area contributed by atoms with Gasteiger partial charge in [-0.1, -0.05) is 35.8 Å². The summed E-state index contributed by atoms with van der Waals surface area (Å²) in [6.45, 7) is 6.72. The van der Waals surface area contributed by atoms with Gasteiger partial charge in [-0.15, -0.1) is 11.8 Å². The van der Waals surface area contributed by atoms with Gasteiger partial charge >= 0.3 is 0 Å². The molecular weight excluding hydrogens is 294 g/mol. The van der Waals surface area contributed by atoms with Gasteiger partial charge in [0.15, 0.2) is 0 Å². The van der Waals surface area contributed by atoms with E-state index in [0.717, 1.165) is 5.92 Å². The Labute approximate surface area is 118 Å². The maximum Gasteiger partial charge on any atom is 0.0300 e. The van der Waals surface area contributed by atoms with Crippen LogP contribution in [0.3, 0.4) is 0 Å². The lowest BCUT2D eigenvalue weighted by Crippen LogP contribution is -2.12. The maximum absolute atomic E-state index is 3.66. The van der Waals surface area contributed by atoms with Crippen LogP contribution < -0.4 is 5.32 Å². The quantitative estimate of drug-likeness (QED) is 0.752. The van der Waals surface area contributed by atoms with Crippen LogP contribution in [0, 0.1) is 5.92 Å². The van der Waals surface area contributed by atoms with Gasteiger partial charge in [-0.25, -0.2) is 0 Å². The van der Waals surface area contributed by atoms with Gasteiger partial charge in [-0.05, 0) is 49.8 Å². The molecule has 0 amide bonds. The van der Waals surface area contributed by atoms with Crippen molar-refractivity contribution in [1.82, 2.24) is 5.32 Å². The second kappa shape index (κ2) is 7.45. The Balaban J connectivity index is 2.62. The fraction of sp³-hybridized carbons (Fsp3) is 0.571. The summed E-state index contributed by atoms with van der Waals surface area (Å²) in [6, 6.07) is 7.05. The molecule has 3 heteroatoms. The average Bonchev–Trinajstić information content (AvgIpc) is 2.28. The van der Waals surface area contributed by atoms with Crippen molar-refractivity contribution in [1.29, 1.82) is 0 Å². The van der Waals surface area contributed by atoms with Crippen molar-refractivity contribution in [3.8, 4) is 0 Å². The lowest BCUT2D eigenvalue weighted by molar-refractivity contribution is 0.632. The number of halogens is 1. The summed E-state index contributed by atoms with van der Waals surface area (Å²) in [5, 5.41) is 3.26. The zero-order chi connectivity index (χ0) is 12.8. The standard InChI is InChI=1S/C14H22BrNS/c1-10(2)7-8-17-12-5-6-13(11(3)16-4)14(15)9-12/h5-6,9-11,16H,7-8H2,1-4H3. The van der Waals surface area contributed by atoms with E-state index in [4.69, 9.17) is 0 Å². The van der Waals surface area contributed by atoms with E-state index >= 15 is 0 Å². The van der Waals surface area contributed by atoms with Crippen molar-refractivity contribution in [2.75, 3.05) is 12.8 Å². The highest BCUT2D eigenvalue weighted by Crippen LogP contribution is 2.29. The molecule has 1 unspecified atom stereocenters. The highest BCUT2D eigenvalue weighted by molar-refractivity contribution is 9.10. The third-order valence-electron chi connectivity index (χ3n) is 2.84. The molecule has 1 N–H and O–H groups in total. The van der Waals surface area contributed by atoms with E-state index in [9.17, 15) is 0 Å². The van der Waals surface area contributed by atoms with Gasteiger partial charge < -0.3 is 5.32 Å². The smallest absolute Gasteiger partial charge is 0.0300 e. The fourth-order valence-electron chi connectivity index (χ4n) is 1.52. The van der Waals surface area contributed by atoms with E-state index in [1.165, 1.54) is 27.1 Å². The molecule has 0 spiro atoms. The van der Waals surface area contributed by atoms with Gasteiger partial charge in [-0.2, -0.15) is 0 Å². The van der Waals surface area contributed by atoms with Crippen LogP contribution in [-0.2, 0) is 0 Å². The molecule has 0 radical (unpaired) electrons. The number of thioether (sulfide) groups is 1. The minimum Gasteiger partial charge on any atom is -0.313 e. The topological polar surface area (TPSA) is 12.0 Å². The van der Waals surface area contributed by atoms with Crippen molar-refractivity contribution in [2.45, 2.75) is 38.1 Å². The Morgan fingerprint density at radius 2 is 2.00 bits per heavy atom. The zero-order valence-electron chi connectivity index (χ0n) is 11.1. The first-order valence-electron chi connectivity index (χ1n) is 6.14. The molecule has 1 aromatic rings. The molecule has 0 fully saturated rings. The van der Waals surface area contributed by atoms with Crippen LogP contribution in [0.25, 0.3) is 0 Å². The first-order chi connectivity index (χ1) is 8.04. The van der Waals surface area contributed by atoms with Crippen LogP contribution in [0.4, 0.5) is 0 Å². The Morgan fingerprint density at radius 3 is 2.53 bits per heavy atom. The Bertz CT molecular complexity index is 352. The molecule has 1 rings (SSSR count). The number of benzene rings is 1. The molecule has 0 aliphatic heterocycles. The average molecular weight is 316 g/mol. The zero-order valence-corrected chi connectivity index (χ0v) is 13.5. The predicted octanol–water partition coefficient (Wildman–Crippen LogP) is 4.87. The van der Waals surface area contributed by atoms with Gasteiger partial charge in [0.1, 0.15) is 0 Å². The van der Waals surface area contributed by atoms with Crippen LogP contribution >= 0.6 is 27.7 Å². The largest absolute Gasteiger partial charge is 0.313 e. The van der Waals surface area contributed by atoms with E-state index in [1.54, 1.807) is 0 Å². The van der Waals surface area contributed by atoms with E-state index < -0.39 is 0 Å². The summed E-state index contributed by atoms with van der Waals surface area (Å²) < 4.78 is 1.20. The van der Waals surface area contributed by atoms with Gasteiger partial charge in [0, 0.05) is 15.4 Å². The molecule has 1 atom stereocenters. The molecule has 1 aromatic carbocycles. The number of hydrogen-bond acceptors (Lipinski definition) is 2. The molecular formula is C14H22BrNS. The summed E-state index contributed by atoms with van der Waals surface area (Å²) in [6.07, 6.45) is 1.27. The highest BCUT2D eigenvalue weighted by atomic mass is 79.9. The second-order valence-electron chi connectivity index (χ2n) is 4.72. The van der Waals surface area contributed by atoms with Crippen LogP contribution in [0.5, 0.6) is 0 Å². The molecule has 0 bridgehead atoms.